The van der Waals surface area contributed by atoms with Crippen molar-refractivity contribution in [1.82, 2.24) is 10.2 Å². The van der Waals surface area contributed by atoms with Crippen LogP contribution in [-0.2, 0) is 13.1 Å². The van der Waals surface area contributed by atoms with Gasteiger partial charge in [-0.15, -0.1) is 13.2 Å². The summed E-state index contributed by atoms with van der Waals surface area (Å²) in [5.74, 6) is 0.411. The van der Waals surface area contributed by atoms with Crippen LogP contribution in [0.4, 0.5) is 18.0 Å². The highest BCUT2D eigenvalue weighted by Crippen LogP contribution is 2.26. The molecule has 5 nitrogen and oxygen atoms in total. The second-order valence-electron chi connectivity index (χ2n) is 5.75. The Morgan fingerprint density at radius 1 is 1.11 bits per heavy atom. The fourth-order valence-corrected chi connectivity index (χ4v) is 2.38. The lowest BCUT2D eigenvalue weighted by Gasteiger charge is -2.19. The highest BCUT2D eigenvalue weighted by molar-refractivity contribution is 5.74. The fourth-order valence-electron chi connectivity index (χ4n) is 2.38. The Morgan fingerprint density at radius 3 is 2.41 bits per heavy atom. The Balaban J connectivity index is 1.91. The molecule has 0 spiro atoms. The normalized spacial score (nSPS) is 11.0. The molecule has 0 aliphatic carbocycles. The molecule has 8 heteroatoms. The van der Waals surface area contributed by atoms with Crippen molar-refractivity contribution in [2.45, 2.75) is 26.4 Å². The molecule has 146 valence electrons. The standard InChI is InChI=1S/C19H21F3N2O3/c1-3-26-16-10-8-14(9-11-16)13-24(2)18(25)23-12-15-6-4-5-7-17(15)27-19(20,21)22/h4-11H,3,12-13H2,1-2H3,(H,23,25). The molecule has 0 atom stereocenters. The van der Waals surface area contributed by atoms with Gasteiger partial charge in [-0.3, -0.25) is 0 Å². The average molecular weight is 382 g/mol. The molecule has 2 amide bonds. The van der Waals surface area contributed by atoms with E-state index in [0.29, 0.717) is 13.2 Å². The number of benzene rings is 2. The molecule has 0 saturated carbocycles. The Hall–Kier alpha value is -2.90. The molecule has 0 bridgehead atoms. The van der Waals surface area contributed by atoms with Crippen LogP contribution in [0.3, 0.4) is 0 Å². The third-order valence-corrected chi connectivity index (χ3v) is 3.63. The average Bonchev–Trinajstić information content (AvgIpc) is 2.61. The Kier molecular flexibility index (Phi) is 6.92. The van der Waals surface area contributed by atoms with Crippen LogP contribution in [0.25, 0.3) is 0 Å². The van der Waals surface area contributed by atoms with Gasteiger partial charge in [0, 0.05) is 25.7 Å². The molecule has 27 heavy (non-hydrogen) atoms. The number of carbonyl (C=O) groups is 1. The summed E-state index contributed by atoms with van der Waals surface area (Å²) in [6, 6.07) is 12.6. The van der Waals surface area contributed by atoms with Crippen LogP contribution in [0.2, 0.25) is 0 Å². The minimum atomic E-state index is -4.79. The second kappa shape index (κ2) is 9.16. The van der Waals surface area contributed by atoms with Crippen LogP contribution < -0.4 is 14.8 Å². The molecule has 0 radical (unpaired) electrons. The predicted molar refractivity (Wildman–Crippen MR) is 94.4 cm³/mol. The molecular weight excluding hydrogens is 361 g/mol. The summed E-state index contributed by atoms with van der Waals surface area (Å²) in [5.41, 5.74) is 1.13. The molecule has 0 saturated heterocycles. The number of hydrogen-bond donors (Lipinski definition) is 1. The van der Waals surface area contributed by atoms with E-state index >= 15 is 0 Å². The topological polar surface area (TPSA) is 50.8 Å². The van der Waals surface area contributed by atoms with Crippen molar-refractivity contribution in [2.75, 3.05) is 13.7 Å². The molecule has 0 aromatic heterocycles. The first-order valence-electron chi connectivity index (χ1n) is 8.33. The quantitative estimate of drug-likeness (QED) is 0.776. The number of hydrogen-bond acceptors (Lipinski definition) is 3. The summed E-state index contributed by atoms with van der Waals surface area (Å²) in [4.78, 5) is 13.6. The third kappa shape index (κ3) is 6.73. The van der Waals surface area contributed by atoms with E-state index in [2.05, 4.69) is 10.1 Å². The van der Waals surface area contributed by atoms with Gasteiger partial charge in [0.2, 0.25) is 0 Å². The maximum atomic E-state index is 12.4. The number of rotatable bonds is 7. The zero-order valence-electron chi connectivity index (χ0n) is 15.0. The van der Waals surface area contributed by atoms with Crippen molar-refractivity contribution in [1.29, 1.82) is 0 Å². The Bertz CT molecular complexity index is 749. The van der Waals surface area contributed by atoms with Gasteiger partial charge in [-0.1, -0.05) is 30.3 Å². The number of alkyl halides is 3. The molecule has 0 unspecified atom stereocenters. The molecule has 2 rings (SSSR count). The van der Waals surface area contributed by atoms with Gasteiger partial charge < -0.3 is 19.7 Å². The van der Waals surface area contributed by atoms with E-state index < -0.39 is 12.4 Å². The molecule has 2 aromatic rings. The van der Waals surface area contributed by atoms with E-state index in [4.69, 9.17) is 4.74 Å². The molecule has 1 N–H and O–H groups in total. The van der Waals surface area contributed by atoms with Crippen LogP contribution in [-0.4, -0.2) is 30.9 Å². The summed E-state index contributed by atoms with van der Waals surface area (Å²) in [7, 11) is 1.60. The van der Waals surface area contributed by atoms with Crippen molar-refractivity contribution in [2.24, 2.45) is 0 Å². The van der Waals surface area contributed by atoms with Crippen molar-refractivity contribution < 1.29 is 27.4 Å². The lowest BCUT2D eigenvalue weighted by Crippen LogP contribution is -2.36. The molecular formula is C19H21F3N2O3. The molecule has 0 fully saturated rings. The largest absolute Gasteiger partial charge is 0.573 e. The summed E-state index contributed by atoms with van der Waals surface area (Å²) >= 11 is 0. The van der Waals surface area contributed by atoms with Gasteiger partial charge in [0.1, 0.15) is 11.5 Å². The van der Waals surface area contributed by atoms with Gasteiger partial charge in [0.05, 0.1) is 6.61 Å². The van der Waals surface area contributed by atoms with Crippen LogP contribution >= 0.6 is 0 Å². The van der Waals surface area contributed by atoms with Crippen LogP contribution in [0, 0.1) is 0 Å². The van der Waals surface area contributed by atoms with Gasteiger partial charge in [-0.2, -0.15) is 0 Å². The Morgan fingerprint density at radius 2 is 1.78 bits per heavy atom. The van der Waals surface area contributed by atoms with Crippen LogP contribution in [0.15, 0.2) is 48.5 Å². The van der Waals surface area contributed by atoms with Crippen molar-refractivity contribution in [3.8, 4) is 11.5 Å². The van der Waals surface area contributed by atoms with Gasteiger partial charge in [0.15, 0.2) is 0 Å². The van der Waals surface area contributed by atoms with E-state index in [9.17, 15) is 18.0 Å². The molecule has 0 aliphatic rings. The maximum Gasteiger partial charge on any atom is 0.573 e. The number of para-hydroxylation sites is 1. The van der Waals surface area contributed by atoms with Crippen LogP contribution in [0.5, 0.6) is 11.5 Å². The summed E-state index contributed by atoms with van der Waals surface area (Å²) in [6.45, 7) is 2.72. The zero-order chi connectivity index (χ0) is 19.9. The van der Waals surface area contributed by atoms with E-state index in [-0.39, 0.29) is 17.9 Å². The first-order valence-corrected chi connectivity index (χ1v) is 8.33. The van der Waals surface area contributed by atoms with Crippen LogP contribution in [0.1, 0.15) is 18.1 Å². The van der Waals surface area contributed by atoms with E-state index in [0.717, 1.165) is 11.3 Å². The highest BCUT2D eigenvalue weighted by atomic mass is 19.4. The highest BCUT2D eigenvalue weighted by Gasteiger charge is 2.32. The SMILES string of the molecule is CCOc1ccc(CN(C)C(=O)NCc2ccccc2OC(F)(F)F)cc1. The lowest BCUT2D eigenvalue weighted by molar-refractivity contribution is -0.274. The van der Waals surface area contributed by atoms with Crippen molar-refractivity contribution in [3.63, 3.8) is 0 Å². The first kappa shape index (κ1) is 20.4. The number of carbonyl (C=O) groups excluding carboxylic acids is 1. The molecule has 2 aromatic carbocycles. The number of halogens is 3. The second-order valence-corrected chi connectivity index (χ2v) is 5.75. The maximum absolute atomic E-state index is 12.4. The predicted octanol–water partition coefficient (Wildman–Crippen LogP) is 4.33. The number of amides is 2. The van der Waals surface area contributed by atoms with Gasteiger partial charge >= 0.3 is 12.4 Å². The van der Waals surface area contributed by atoms with Gasteiger partial charge in [0.25, 0.3) is 0 Å². The number of nitrogens with one attached hydrogen (secondary N) is 1. The first-order chi connectivity index (χ1) is 12.8. The molecule has 0 heterocycles. The van der Waals surface area contributed by atoms with E-state index in [1.165, 1.54) is 23.1 Å². The van der Waals surface area contributed by atoms with E-state index in [1.54, 1.807) is 13.1 Å². The summed E-state index contributed by atoms with van der Waals surface area (Å²) in [6.07, 6.45) is -4.79. The monoisotopic (exact) mass is 382 g/mol. The smallest absolute Gasteiger partial charge is 0.494 e. The minimum absolute atomic E-state index is 0.0846. The fraction of sp³-hybridized carbons (Fsp3) is 0.316. The lowest BCUT2D eigenvalue weighted by atomic mass is 10.2. The third-order valence-electron chi connectivity index (χ3n) is 3.63. The van der Waals surface area contributed by atoms with E-state index in [1.807, 2.05) is 31.2 Å². The number of ether oxygens (including phenoxy) is 2. The van der Waals surface area contributed by atoms with Crippen molar-refractivity contribution in [3.05, 3.63) is 59.7 Å². The number of nitrogens with zero attached hydrogens (tertiary/aromatic N) is 1. The molecule has 0 aliphatic heterocycles. The van der Waals surface area contributed by atoms with Gasteiger partial charge in [-0.25, -0.2) is 4.79 Å². The zero-order valence-corrected chi connectivity index (χ0v) is 15.0. The number of urea groups is 1. The summed E-state index contributed by atoms with van der Waals surface area (Å²) in [5, 5.41) is 2.59. The summed E-state index contributed by atoms with van der Waals surface area (Å²) < 4.78 is 46.7. The Labute approximate surface area is 155 Å². The minimum Gasteiger partial charge on any atom is -0.494 e. The van der Waals surface area contributed by atoms with Gasteiger partial charge in [-0.05, 0) is 30.7 Å². The van der Waals surface area contributed by atoms with Crippen molar-refractivity contribution >= 4 is 6.03 Å².